The Kier molecular flexibility index (Phi) is 4.03. The number of hydrogen-bond acceptors (Lipinski definition) is 5. The summed E-state index contributed by atoms with van der Waals surface area (Å²) in [5, 5.41) is 11.0. The van der Waals surface area contributed by atoms with Crippen molar-refractivity contribution in [3.63, 3.8) is 0 Å². The van der Waals surface area contributed by atoms with E-state index in [4.69, 9.17) is 0 Å². The lowest BCUT2D eigenvalue weighted by Crippen LogP contribution is -2.14. The van der Waals surface area contributed by atoms with Crippen LogP contribution in [0.4, 0.5) is 0 Å². The van der Waals surface area contributed by atoms with Gasteiger partial charge in [0, 0.05) is 25.0 Å². The molecular weight excluding hydrogens is 232 g/mol. The van der Waals surface area contributed by atoms with Crippen LogP contribution in [-0.2, 0) is 17.8 Å². The minimum Gasteiger partial charge on any atom is -0.464 e. The molecule has 0 saturated heterocycles. The molecule has 0 aromatic carbocycles. The predicted molar refractivity (Wildman–Crippen MR) is 64.7 cm³/mol. The number of H-pyrrole nitrogens is 1. The number of carbonyl (C=O) groups is 1. The van der Waals surface area contributed by atoms with Gasteiger partial charge in [0.15, 0.2) is 0 Å². The van der Waals surface area contributed by atoms with Crippen molar-refractivity contribution >= 4 is 5.97 Å². The molecule has 0 atom stereocenters. The van der Waals surface area contributed by atoms with Crippen molar-refractivity contribution in [3.8, 4) is 0 Å². The van der Waals surface area contributed by atoms with E-state index < -0.39 is 0 Å². The fourth-order valence-electron chi connectivity index (χ4n) is 1.53. The highest BCUT2D eigenvalue weighted by molar-refractivity contribution is 5.87. The first-order valence-electron chi connectivity index (χ1n) is 5.53. The molecule has 6 heteroatoms. The van der Waals surface area contributed by atoms with Crippen molar-refractivity contribution in [1.82, 2.24) is 20.5 Å². The molecule has 2 rings (SSSR count). The summed E-state index contributed by atoms with van der Waals surface area (Å²) >= 11 is 0. The molecule has 0 bridgehead atoms. The number of hydrogen-bond donors (Lipinski definition) is 2. The minimum absolute atomic E-state index is 0.366. The molecule has 0 aliphatic rings. The van der Waals surface area contributed by atoms with Crippen molar-refractivity contribution in [2.45, 2.75) is 13.1 Å². The summed E-state index contributed by atoms with van der Waals surface area (Å²) in [4.78, 5) is 14.2. The lowest BCUT2D eigenvalue weighted by atomic mass is 10.3. The molecule has 0 aliphatic carbocycles. The van der Waals surface area contributed by atoms with Crippen LogP contribution >= 0.6 is 0 Å². The van der Waals surface area contributed by atoms with Gasteiger partial charge in [-0.15, -0.1) is 0 Å². The van der Waals surface area contributed by atoms with E-state index in [2.05, 4.69) is 25.2 Å². The molecule has 6 nitrogen and oxygen atoms in total. The Morgan fingerprint density at radius 1 is 1.39 bits per heavy atom. The monoisotopic (exact) mass is 246 g/mol. The third-order valence-corrected chi connectivity index (χ3v) is 2.40. The third-order valence-electron chi connectivity index (χ3n) is 2.40. The van der Waals surface area contributed by atoms with Crippen molar-refractivity contribution in [1.29, 1.82) is 0 Å². The van der Waals surface area contributed by atoms with Gasteiger partial charge in [0.05, 0.1) is 12.8 Å². The lowest BCUT2D eigenvalue weighted by molar-refractivity contribution is 0.0594. The van der Waals surface area contributed by atoms with Crippen LogP contribution in [0.25, 0.3) is 0 Å². The summed E-state index contributed by atoms with van der Waals surface area (Å²) in [7, 11) is 1.36. The Balaban J connectivity index is 1.84. The predicted octanol–water partition coefficient (Wildman–Crippen LogP) is 0.881. The smallest absolute Gasteiger partial charge is 0.354 e. The number of rotatable bonds is 5. The zero-order valence-corrected chi connectivity index (χ0v) is 10.0. The highest BCUT2D eigenvalue weighted by Crippen LogP contribution is 2.03. The van der Waals surface area contributed by atoms with Crippen molar-refractivity contribution in [3.05, 3.63) is 47.5 Å². The second-order valence-corrected chi connectivity index (χ2v) is 3.71. The average Bonchev–Trinajstić information content (AvgIpc) is 2.88. The molecule has 2 aromatic rings. The molecule has 94 valence electrons. The lowest BCUT2D eigenvalue weighted by Gasteiger charge is -2.02. The van der Waals surface area contributed by atoms with E-state index in [1.165, 1.54) is 7.11 Å². The second-order valence-electron chi connectivity index (χ2n) is 3.71. The first-order valence-corrected chi connectivity index (χ1v) is 5.53. The van der Waals surface area contributed by atoms with Gasteiger partial charge in [-0.3, -0.25) is 0 Å². The van der Waals surface area contributed by atoms with E-state index in [9.17, 15) is 4.79 Å². The summed E-state index contributed by atoms with van der Waals surface area (Å²) in [6.45, 7) is 1.24. The van der Waals surface area contributed by atoms with Gasteiger partial charge >= 0.3 is 5.97 Å². The number of ether oxygens (including phenoxy) is 1. The Bertz CT molecular complexity index is 510. The fourth-order valence-corrected chi connectivity index (χ4v) is 1.53. The van der Waals surface area contributed by atoms with Crippen molar-refractivity contribution < 1.29 is 9.53 Å². The summed E-state index contributed by atoms with van der Waals surface area (Å²) in [6, 6.07) is 7.28. The zero-order valence-electron chi connectivity index (χ0n) is 10.0. The van der Waals surface area contributed by atoms with Crippen LogP contribution in [-0.4, -0.2) is 28.3 Å². The van der Waals surface area contributed by atoms with Crippen LogP contribution < -0.4 is 5.32 Å². The molecule has 0 spiro atoms. The van der Waals surface area contributed by atoms with Crippen LogP contribution in [0.5, 0.6) is 0 Å². The zero-order chi connectivity index (χ0) is 12.8. The maximum atomic E-state index is 11.2. The quantitative estimate of drug-likeness (QED) is 0.765. The van der Waals surface area contributed by atoms with E-state index in [1.807, 2.05) is 18.2 Å². The van der Waals surface area contributed by atoms with E-state index in [0.29, 0.717) is 18.8 Å². The number of aromatic nitrogens is 3. The average molecular weight is 246 g/mol. The van der Waals surface area contributed by atoms with Crippen LogP contribution in [0.1, 0.15) is 21.9 Å². The Labute approximate surface area is 104 Å². The minimum atomic E-state index is -0.366. The number of carbonyl (C=O) groups excluding carboxylic acids is 1. The highest BCUT2D eigenvalue weighted by atomic mass is 16.5. The van der Waals surface area contributed by atoms with Gasteiger partial charge in [-0.05, 0) is 24.3 Å². The van der Waals surface area contributed by atoms with Gasteiger partial charge < -0.3 is 15.0 Å². The largest absolute Gasteiger partial charge is 0.464 e. The maximum Gasteiger partial charge on any atom is 0.354 e. The maximum absolute atomic E-state index is 11.2. The van der Waals surface area contributed by atoms with Gasteiger partial charge in [-0.25, -0.2) is 4.79 Å². The number of nitrogens with one attached hydrogen (secondary N) is 2. The van der Waals surface area contributed by atoms with E-state index in [0.717, 1.165) is 11.4 Å². The number of aromatic amines is 1. The molecule has 2 N–H and O–H groups in total. The molecular formula is C12H14N4O2. The first-order chi connectivity index (χ1) is 8.79. The SMILES string of the molecule is COC(=O)c1ccc(CNCc2cccnn2)[nH]1. The van der Waals surface area contributed by atoms with E-state index >= 15 is 0 Å². The molecule has 0 unspecified atom stereocenters. The molecule has 0 saturated carbocycles. The molecule has 0 amide bonds. The fraction of sp³-hybridized carbons (Fsp3) is 0.250. The molecule has 0 aliphatic heterocycles. The van der Waals surface area contributed by atoms with Crippen LogP contribution in [0, 0.1) is 0 Å². The normalized spacial score (nSPS) is 10.3. The topological polar surface area (TPSA) is 79.9 Å². The number of methoxy groups -OCH3 is 1. The van der Waals surface area contributed by atoms with Gasteiger partial charge in [0.1, 0.15) is 5.69 Å². The molecule has 2 aromatic heterocycles. The summed E-state index contributed by atoms with van der Waals surface area (Å²) in [5.74, 6) is -0.366. The van der Waals surface area contributed by atoms with Crippen LogP contribution in [0.15, 0.2) is 30.5 Å². The first kappa shape index (κ1) is 12.3. The van der Waals surface area contributed by atoms with Crippen molar-refractivity contribution in [2.24, 2.45) is 0 Å². The van der Waals surface area contributed by atoms with Crippen LogP contribution in [0.2, 0.25) is 0 Å². The van der Waals surface area contributed by atoms with Gasteiger partial charge in [-0.2, -0.15) is 10.2 Å². The molecule has 2 heterocycles. The summed E-state index contributed by atoms with van der Waals surface area (Å²) in [6.07, 6.45) is 1.64. The standard InChI is InChI=1S/C12H14N4O2/c1-18-12(17)11-5-4-9(15-11)7-13-8-10-3-2-6-14-16-10/h2-6,13,15H,7-8H2,1H3. The van der Waals surface area contributed by atoms with E-state index in [1.54, 1.807) is 12.3 Å². The Hall–Kier alpha value is -2.21. The Morgan fingerprint density at radius 2 is 2.28 bits per heavy atom. The molecule has 0 fully saturated rings. The molecule has 0 radical (unpaired) electrons. The van der Waals surface area contributed by atoms with Gasteiger partial charge in [-0.1, -0.05) is 0 Å². The molecule has 18 heavy (non-hydrogen) atoms. The van der Waals surface area contributed by atoms with Crippen LogP contribution in [0.3, 0.4) is 0 Å². The van der Waals surface area contributed by atoms with Crippen molar-refractivity contribution in [2.75, 3.05) is 7.11 Å². The summed E-state index contributed by atoms with van der Waals surface area (Å²) < 4.78 is 4.61. The number of nitrogens with zero attached hydrogens (tertiary/aromatic N) is 2. The van der Waals surface area contributed by atoms with E-state index in [-0.39, 0.29) is 5.97 Å². The number of esters is 1. The summed E-state index contributed by atoms with van der Waals surface area (Å²) in [5.41, 5.74) is 2.24. The highest BCUT2D eigenvalue weighted by Gasteiger charge is 2.07. The Morgan fingerprint density at radius 3 is 3.00 bits per heavy atom. The van der Waals surface area contributed by atoms with Gasteiger partial charge in [0.25, 0.3) is 0 Å². The third kappa shape index (κ3) is 3.14. The second kappa shape index (κ2) is 5.92. The van der Waals surface area contributed by atoms with Gasteiger partial charge in [0.2, 0.25) is 0 Å².